The number of carbonyl (C=O) groups is 1. The van der Waals surface area contributed by atoms with Crippen molar-refractivity contribution in [3.05, 3.63) is 16.0 Å². The first-order chi connectivity index (χ1) is 6.16. The predicted octanol–water partition coefficient (Wildman–Crippen LogP) is 1.67. The van der Waals surface area contributed by atoms with Gasteiger partial charge in [-0.2, -0.15) is 0 Å². The number of nitrogens with one attached hydrogen (secondary N) is 1. The third-order valence-corrected chi connectivity index (χ3v) is 2.36. The summed E-state index contributed by atoms with van der Waals surface area (Å²) in [6.45, 7) is 0. The van der Waals surface area contributed by atoms with E-state index in [1.165, 1.54) is 0 Å². The normalized spacial score (nSPS) is 15.1. The summed E-state index contributed by atoms with van der Waals surface area (Å²) in [5.41, 5.74) is 0.689. The summed E-state index contributed by atoms with van der Waals surface area (Å²) in [4.78, 5) is 18.9. The lowest BCUT2D eigenvalue weighted by molar-refractivity contribution is -0.116. The highest BCUT2D eigenvalue weighted by Crippen LogP contribution is 2.24. The summed E-state index contributed by atoms with van der Waals surface area (Å²) < 4.78 is 0. The van der Waals surface area contributed by atoms with Crippen molar-refractivity contribution >= 4 is 34.9 Å². The molecule has 0 fully saturated rings. The number of anilines is 1. The second kappa shape index (κ2) is 3.12. The maximum atomic E-state index is 11.0. The molecule has 1 aromatic heterocycles. The molecule has 0 spiro atoms. The van der Waals surface area contributed by atoms with Gasteiger partial charge in [0, 0.05) is 12.8 Å². The molecule has 68 valence electrons. The Morgan fingerprint density at radius 3 is 2.62 bits per heavy atom. The molecule has 0 radical (unpaired) electrons. The van der Waals surface area contributed by atoms with Crippen LogP contribution < -0.4 is 5.32 Å². The van der Waals surface area contributed by atoms with Crippen molar-refractivity contribution in [1.29, 1.82) is 0 Å². The van der Waals surface area contributed by atoms with Crippen molar-refractivity contribution < 1.29 is 4.79 Å². The molecule has 1 amide bonds. The van der Waals surface area contributed by atoms with Crippen LogP contribution in [-0.4, -0.2) is 15.9 Å². The molecule has 1 aromatic rings. The minimum atomic E-state index is -0.0693. The fourth-order valence-electron chi connectivity index (χ4n) is 1.13. The molecule has 0 atom stereocenters. The maximum Gasteiger partial charge on any atom is 0.225 e. The Kier molecular flexibility index (Phi) is 2.09. The minimum absolute atomic E-state index is 0.0693. The number of amides is 1. The number of aryl methyl sites for hydroxylation is 1. The highest BCUT2D eigenvalue weighted by molar-refractivity contribution is 6.40. The van der Waals surface area contributed by atoms with Crippen molar-refractivity contribution in [3.8, 4) is 0 Å². The van der Waals surface area contributed by atoms with Crippen LogP contribution >= 0.6 is 23.2 Å². The first kappa shape index (κ1) is 8.72. The summed E-state index contributed by atoms with van der Waals surface area (Å²) in [5, 5.41) is 2.86. The van der Waals surface area contributed by atoms with Gasteiger partial charge in [0.25, 0.3) is 0 Å². The van der Waals surface area contributed by atoms with E-state index < -0.39 is 0 Å². The first-order valence-electron chi connectivity index (χ1n) is 3.68. The van der Waals surface area contributed by atoms with E-state index in [0.29, 0.717) is 24.4 Å². The number of nitrogens with zero attached hydrogens (tertiary/aromatic N) is 2. The Bertz CT molecular complexity index is 380. The number of carbonyl (C=O) groups excluding carboxylic acids is 1. The molecule has 2 heterocycles. The van der Waals surface area contributed by atoms with Gasteiger partial charge in [-0.1, -0.05) is 23.2 Å². The van der Waals surface area contributed by atoms with Crippen LogP contribution in [0.2, 0.25) is 10.3 Å². The highest BCUT2D eigenvalue weighted by atomic mass is 35.5. The molecule has 4 nitrogen and oxygen atoms in total. The molecule has 0 unspecified atom stereocenters. The highest BCUT2D eigenvalue weighted by Gasteiger charge is 2.18. The Morgan fingerprint density at radius 1 is 1.15 bits per heavy atom. The molecule has 1 aliphatic rings. The molecule has 13 heavy (non-hydrogen) atoms. The number of hydrogen-bond acceptors (Lipinski definition) is 3. The van der Waals surface area contributed by atoms with Gasteiger partial charge in [0.15, 0.2) is 16.1 Å². The van der Waals surface area contributed by atoms with E-state index >= 15 is 0 Å². The van der Waals surface area contributed by atoms with Gasteiger partial charge in [0.05, 0.1) is 5.69 Å². The van der Waals surface area contributed by atoms with Gasteiger partial charge in [-0.3, -0.25) is 4.79 Å². The molecule has 1 aliphatic heterocycles. The summed E-state index contributed by atoms with van der Waals surface area (Å²) in [6.07, 6.45) is 0.977. The smallest absolute Gasteiger partial charge is 0.225 e. The van der Waals surface area contributed by atoms with Crippen LogP contribution in [0.1, 0.15) is 12.1 Å². The lowest BCUT2D eigenvalue weighted by Crippen LogP contribution is -2.21. The van der Waals surface area contributed by atoms with E-state index in [2.05, 4.69) is 15.3 Å². The standard InChI is InChI=1S/C7H5Cl2N3O/c8-5-6(9)12-7-3(10-5)1-2-4(13)11-7/h1-2H2,(H,11,12,13). The van der Waals surface area contributed by atoms with Gasteiger partial charge >= 0.3 is 0 Å². The topological polar surface area (TPSA) is 54.9 Å². The lowest BCUT2D eigenvalue weighted by Gasteiger charge is -2.14. The number of fused-ring (bicyclic) bond motifs is 1. The Morgan fingerprint density at radius 2 is 1.85 bits per heavy atom. The zero-order chi connectivity index (χ0) is 9.42. The molecular formula is C7H5Cl2N3O. The molecule has 0 aliphatic carbocycles. The zero-order valence-corrected chi connectivity index (χ0v) is 7.98. The van der Waals surface area contributed by atoms with Gasteiger partial charge in [-0.15, -0.1) is 0 Å². The Balaban J connectivity index is 2.49. The van der Waals surface area contributed by atoms with Crippen molar-refractivity contribution in [3.63, 3.8) is 0 Å². The molecule has 0 aromatic carbocycles. The summed E-state index contributed by atoms with van der Waals surface area (Å²) in [6, 6.07) is 0. The lowest BCUT2D eigenvalue weighted by atomic mass is 10.1. The fraction of sp³-hybridized carbons (Fsp3) is 0.286. The van der Waals surface area contributed by atoms with E-state index in [-0.39, 0.29) is 16.2 Å². The van der Waals surface area contributed by atoms with E-state index in [9.17, 15) is 4.79 Å². The predicted molar refractivity (Wildman–Crippen MR) is 49.0 cm³/mol. The second-order valence-corrected chi connectivity index (χ2v) is 3.36. The van der Waals surface area contributed by atoms with Crippen LogP contribution in [0.5, 0.6) is 0 Å². The van der Waals surface area contributed by atoms with Crippen LogP contribution in [0.15, 0.2) is 0 Å². The molecule has 0 saturated carbocycles. The zero-order valence-electron chi connectivity index (χ0n) is 6.47. The Labute approximate surface area is 84.3 Å². The molecule has 0 bridgehead atoms. The summed E-state index contributed by atoms with van der Waals surface area (Å²) >= 11 is 11.3. The molecule has 2 rings (SSSR count). The van der Waals surface area contributed by atoms with Gasteiger partial charge in [-0.25, -0.2) is 9.97 Å². The minimum Gasteiger partial charge on any atom is -0.309 e. The van der Waals surface area contributed by atoms with Crippen LogP contribution in [0.3, 0.4) is 0 Å². The van der Waals surface area contributed by atoms with Gasteiger partial charge in [0.2, 0.25) is 5.91 Å². The third-order valence-electron chi connectivity index (χ3n) is 1.73. The molecule has 6 heteroatoms. The molecule has 1 N–H and O–H groups in total. The SMILES string of the molecule is O=C1CCc2nc(Cl)c(Cl)nc2N1. The fourth-order valence-corrected chi connectivity index (χ4v) is 1.40. The van der Waals surface area contributed by atoms with Crippen LogP contribution in [0.4, 0.5) is 5.82 Å². The monoisotopic (exact) mass is 217 g/mol. The van der Waals surface area contributed by atoms with Crippen molar-refractivity contribution in [2.24, 2.45) is 0 Å². The quantitative estimate of drug-likeness (QED) is 0.720. The van der Waals surface area contributed by atoms with Crippen molar-refractivity contribution in [2.45, 2.75) is 12.8 Å². The van der Waals surface area contributed by atoms with E-state index in [4.69, 9.17) is 23.2 Å². The van der Waals surface area contributed by atoms with Gasteiger partial charge in [0.1, 0.15) is 0 Å². The number of hydrogen-bond donors (Lipinski definition) is 1. The number of aromatic nitrogens is 2. The van der Waals surface area contributed by atoms with Crippen molar-refractivity contribution in [1.82, 2.24) is 9.97 Å². The maximum absolute atomic E-state index is 11.0. The first-order valence-corrected chi connectivity index (χ1v) is 4.44. The molecule has 0 saturated heterocycles. The van der Waals surface area contributed by atoms with E-state index in [1.807, 2.05) is 0 Å². The van der Waals surface area contributed by atoms with Crippen LogP contribution in [-0.2, 0) is 11.2 Å². The average molecular weight is 218 g/mol. The van der Waals surface area contributed by atoms with E-state index in [0.717, 1.165) is 0 Å². The second-order valence-electron chi connectivity index (χ2n) is 2.65. The van der Waals surface area contributed by atoms with Crippen molar-refractivity contribution in [2.75, 3.05) is 5.32 Å². The van der Waals surface area contributed by atoms with E-state index in [1.54, 1.807) is 0 Å². The number of halogens is 2. The van der Waals surface area contributed by atoms with Crippen LogP contribution in [0.25, 0.3) is 0 Å². The summed E-state index contributed by atoms with van der Waals surface area (Å²) in [7, 11) is 0. The largest absolute Gasteiger partial charge is 0.309 e. The van der Waals surface area contributed by atoms with Gasteiger partial charge in [-0.05, 0) is 0 Å². The third kappa shape index (κ3) is 1.59. The van der Waals surface area contributed by atoms with Crippen LogP contribution in [0, 0.1) is 0 Å². The van der Waals surface area contributed by atoms with Gasteiger partial charge < -0.3 is 5.32 Å². The summed E-state index contributed by atoms with van der Waals surface area (Å²) in [5.74, 6) is 0.353. The average Bonchev–Trinajstić information content (AvgIpc) is 2.08. The number of rotatable bonds is 0. The Hall–Kier alpha value is -0.870. The molecular weight excluding hydrogens is 213 g/mol.